The molecule has 1 N–H and O–H groups in total. The fourth-order valence-corrected chi connectivity index (χ4v) is 1.71. The Morgan fingerprint density at radius 2 is 2.05 bits per heavy atom. The third-order valence-electron chi connectivity index (χ3n) is 2.74. The van der Waals surface area contributed by atoms with Gasteiger partial charge >= 0.3 is 0 Å². The second-order valence-corrected chi connectivity index (χ2v) is 4.14. The van der Waals surface area contributed by atoms with Gasteiger partial charge in [-0.05, 0) is 42.0 Å². The van der Waals surface area contributed by atoms with Gasteiger partial charge in [-0.2, -0.15) is 0 Å². The van der Waals surface area contributed by atoms with E-state index >= 15 is 0 Å². The minimum Gasteiger partial charge on any atom is -0.504 e. The molecule has 0 heterocycles. The Kier molecular flexibility index (Phi) is 4.15. The number of aromatic hydroxyl groups is 1. The molecule has 20 heavy (non-hydrogen) atoms. The lowest BCUT2D eigenvalue weighted by atomic mass is 10.1. The first-order chi connectivity index (χ1) is 9.60. The molecule has 0 spiro atoms. The van der Waals surface area contributed by atoms with Gasteiger partial charge in [0.05, 0.1) is 7.11 Å². The third kappa shape index (κ3) is 3.23. The number of ketones is 1. The van der Waals surface area contributed by atoms with Crippen LogP contribution < -0.4 is 4.74 Å². The first-order valence-electron chi connectivity index (χ1n) is 5.95. The lowest BCUT2D eigenvalue weighted by Gasteiger charge is -2.04. The molecule has 0 saturated heterocycles. The number of phenols is 1. The number of phenolic OH excluding ortho intramolecular Hbond substituents is 1. The van der Waals surface area contributed by atoms with Crippen molar-refractivity contribution >= 4 is 11.9 Å². The number of hydrogen-bond acceptors (Lipinski definition) is 3. The number of allylic oxidation sites excluding steroid dienone is 1. The van der Waals surface area contributed by atoms with Crippen LogP contribution in [0.5, 0.6) is 11.5 Å². The molecule has 3 nitrogen and oxygen atoms in total. The molecule has 0 aliphatic rings. The van der Waals surface area contributed by atoms with E-state index in [1.165, 1.54) is 49.6 Å². The normalized spacial score (nSPS) is 10.7. The summed E-state index contributed by atoms with van der Waals surface area (Å²) in [7, 11) is 1.41. The van der Waals surface area contributed by atoms with Crippen LogP contribution in [-0.2, 0) is 0 Å². The van der Waals surface area contributed by atoms with E-state index in [0.717, 1.165) is 0 Å². The van der Waals surface area contributed by atoms with Crippen LogP contribution >= 0.6 is 0 Å². The lowest BCUT2D eigenvalue weighted by molar-refractivity contribution is 0.104. The SMILES string of the molecule is COc1cc(C(=O)C=Cc2cccc(F)c2)ccc1O. The van der Waals surface area contributed by atoms with Gasteiger partial charge in [-0.15, -0.1) is 0 Å². The smallest absolute Gasteiger partial charge is 0.185 e. The molecule has 0 radical (unpaired) electrons. The van der Waals surface area contributed by atoms with Crippen molar-refractivity contribution < 1.29 is 19.0 Å². The van der Waals surface area contributed by atoms with Gasteiger partial charge in [0, 0.05) is 5.56 Å². The van der Waals surface area contributed by atoms with Gasteiger partial charge in [0.25, 0.3) is 0 Å². The van der Waals surface area contributed by atoms with Crippen molar-refractivity contribution in [3.8, 4) is 11.5 Å². The van der Waals surface area contributed by atoms with Crippen molar-refractivity contribution in [3.63, 3.8) is 0 Å². The van der Waals surface area contributed by atoms with Gasteiger partial charge in [-0.25, -0.2) is 4.39 Å². The van der Waals surface area contributed by atoms with E-state index in [1.807, 2.05) is 0 Å². The molecule has 0 unspecified atom stereocenters. The predicted octanol–water partition coefficient (Wildman–Crippen LogP) is 3.44. The van der Waals surface area contributed by atoms with Gasteiger partial charge in [-0.1, -0.05) is 18.2 Å². The molecule has 0 atom stereocenters. The Labute approximate surface area is 115 Å². The number of rotatable bonds is 4. The van der Waals surface area contributed by atoms with Crippen molar-refractivity contribution in [2.75, 3.05) is 7.11 Å². The van der Waals surface area contributed by atoms with Crippen LogP contribution in [0.1, 0.15) is 15.9 Å². The van der Waals surface area contributed by atoms with Crippen LogP contribution in [0.2, 0.25) is 0 Å². The Balaban J connectivity index is 2.20. The second-order valence-electron chi connectivity index (χ2n) is 4.14. The zero-order valence-electron chi connectivity index (χ0n) is 10.8. The molecule has 0 aliphatic heterocycles. The van der Waals surface area contributed by atoms with E-state index in [2.05, 4.69) is 0 Å². The van der Waals surface area contributed by atoms with E-state index in [-0.39, 0.29) is 23.1 Å². The topological polar surface area (TPSA) is 46.5 Å². The van der Waals surface area contributed by atoms with Crippen LogP contribution in [0.3, 0.4) is 0 Å². The molecule has 4 heteroatoms. The molecule has 0 aromatic heterocycles. The summed E-state index contributed by atoms with van der Waals surface area (Å²) in [4.78, 5) is 12.0. The summed E-state index contributed by atoms with van der Waals surface area (Å²) in [6.07, 6.45) is 2.88. The summed E-state index contributed by atoms with van der Waals surface area (Å²) in [6, 6.07) is 10.3. The molecule has 0 fully saturated rings. The van der Waals surface area contributed by atoms with Crippen molar-refractivity contribution in [1.82, 2.24) is 0 Å². The maximum Gasteiger partial charge on any atom is 0.185 e. The van der Waals surface area contributed by atoms with Crippen molar-refractivity contribution in [3.05, 3.63) is 65.5 Å². The van der Waals surface area contributed by atoms with Crippen molar-refractivity contribution in [1.29, 1.82) is 0 Å². The van der Waals surface area contributed by atoms with Crippen LogP contribution in [0, 0.1) is 5.82 Å². The number of carbonyl (C=O) groups is 1. The molecular weight excluding hydrogens is 259 g/mol. The Bertz CT molecular complexity index is 663. The van der Waals surface area contributed by atoms with Gasteiger partial charge in [0.15, 0.2) is 17.3 Å². The van der Waals surface area contributed by atoms with E-state index in [4.69, 9.17) is 4.74 Å². The summed E-state index contributed by atoms with van der Waals surface area (Å²) in [5.74, 6) is -0.411. The van der Waals surface area contributed by atoms with Crippen LogP contribution in [0.25, 0.3) is 6.08 Å². The minimum atomic E-state index is -0.356. The average molecular weight is 272 g/mol. The molecule has 2 rings (SSSR count). The fraction of sp³-hybridized carbons (Fsp3) is 0.0625. The summed E-state index contributed by atoms with van der Waals surface area (Å²) in [5.41, 5.74) is 0.983. The number of benzene rings is 2. The molecule has 0 amide bonds. The van der Waals surface area contributed by atoms with Crippen molar-refractivity contribution in [2.45, 2.75) is 0 Å². The monoisotopic (exact) mass is 272 g/mol. The zero-order valence-corrected chi connectivity index (χ0v) is 10.8. The maximum atomic E-state index is 13.0. The standard InChI is InChI=1S/C16H13FO3/c1-20-16-10-12(6-8-15(16)19)14(18)7-5-11-3-2-4-13(17)9-11/h2-10,19H,1H3. The van der Waals surface area contributed by atoms with Crippen LogP contribution in [-0.4, -0.2) is 18.0 Å². The number of halogens is 1. The summed E-state index contributed by atoms with van der Waals surface area (Å²) in [6.45, 7) is 0. The number of methoxy groups -OCH3 is 1. The quantitative estimate of drug-likeness (QED) is 0.685. The fourth-order valence-electron chi connectivity index (χ4n) is 1.71. The Morgan fingerprint density at radius 1 is 1.25 bits per heavy atom. The first kappa shape index (κ1) is 13.8. The Hall–Kier alpha value is -2.62. The zero-order chi connectivity index (χ0) is 14.5. The number of ether oxygens (including phenoxy) is 1. The maximum absolute atomic E-state index is 13.0. The van der Waals surface area contributed by atoms with Crippen LogP contribution in [0.15, 0.2) is 48.5 Å². The van der Waals surface area contributed by atoms with Gasteiger partial charge in [0.2, 0.25) is 0 Å². The van der Waals surface area contributed by atoms with E-state index in [0.29, 0.717) is 11.1 Å². The summed E-state index contributed by atoms with van der Waals surface area (Å²) in [5, 5.41) is 9.46. The summed E-state index contributed by atoms with van der Waals surface area (Å²) >= 11 is 0. The molecular formula is C16H13FO3. The lowest BCUT2D eigenvalue weighted by Crippen LogP contribution is -1.95. The predicted molar refractivity (Wildman–Crippen MR) is 74.4 cm³/mol. The second kappa shape index (κ2) is 6.02. The van der Waals surface area contributed by atoms with Gasteiger partial charge in [0.1, 0.15) is 5.82 Å². The highest BCUT2D eigenvalue weighted by Gasteiger charge is 2.07. The highest BCUT2D eigenvalue weighted by atomic mass is 19.1. The van der Waals surface area contributed by atoms with Gasteiger partial charge < -0.3 is 9.84 Å². The molecule has 0 aliphatic carbocycles. The molecule has 2 aromatic rings. The molecule has 0 saturated carbocycles. The third-order valence-corrected chi connectivity index (χ3v) is 2.74. The minimum absolute atomic E-state index is 0.0295. The van der Waals surface area contributed by atoms with Crippen molar-refractivity contribution in [2.24, 2.45) is 0 Å². The highest BCUT2D eigenvalue weighted by Crippen LogP contribution is 2.26. The Morgan fingerprint density at radius 3 is 2.75 bits per heavy atom. The first-order valence-corrected chi connectivity index (χ1v) is 5.95. The van der Waals surface area contributed by atoms with E-state index < -0.39 is 0 Å². The average Bonchev–Trinajstić information content (AvgIpc) is 2.45. The van der Waals surface area contributed by atoms with Gasteiger partial charge in [-0.3, -0.25) is 4.79 Å². The summed E-state index contributed by atoms with van der Waals surface area (Å²) < 4.78 is 17.9. The number of carbonyl (C=O) groups excluding carboxylic acids is 1. The molecule has 102 valence electrons. The van der Waals surface area contributed by atoms with E-state index in [9.17, 15) is 14.3 Å². The molecule has 0 bridgehead atoms. The van der Waals surface area contributed by atoms with E-state index in [1.54, 1.807) is 12.1 Å². The molecule has 2 aromatic carbocycles. The van der Waals surface area contributed by atoms with Crippen LogP contribution in [0.4, 0.5) is 4.39 Å². The highest BCUT2D eigenvalue weighted by molar-refractivity contribution is 6.07. The number of hydrogen-bond donors (Lipinski definition) is 1. The largest absolute Gasteiger partial charge is 0.504 e.